The number of carbonyl (C=O) groups excluding carboxylic acids is 1. The van der Waals surface area contributed by atoms with Crippen molar-refractivity contribution in [3.05, 3.63) is 90.0 Å². The summed E-state index contributed by atoms with van der Waals surface area (Å²) < 4.78 is 11.7. The molecule has 4 aromatic carbocycles. The molecule has 0 aliphatic rings. The maximum Gasteiger partial charge on any atom is 0.262 e. The summed E-state index contributed by atoms with van der Waals surface area (Å²) in [5.74, 6) is 1.01. The smallest absolute Gasteiger partial charge is 0.262 e. The Balaban J connectivity index is 1.31. The number of benzene rings is 4. The van der Waals surface area contributed by atoms with Crippen LogP contribution in [0.4, 0.5) is 5.69 Å². The Morgan fingerprint density at radius 3 is 2.69 bits per heavy atom. The highest BCUT2D eigenvalue weighted by Gasteiger charge is 2.12. The molecule has 0 bridgehead atoms. The number of anilines is 1. The zero-order chi connectivity index (χ0) is 22.1. The molecule has 1 aromatic heterocycles. The van der Waals surface area contributed by atoms with Crippen molar-refractivity contribution in [2.75, 3.05) is 11.9 Å². The van der Waals surface area contributed by atoms with Gasteiger partial charge in [0.1, 0.15) is 11.3 Å². The minimum absolute atomic E-state index is 0.0847. The second kappa shape index (κ2) is 8.19. The van der Waals surface area contributed by atoms with E-state index in [0.29, 0.717) is 28.4 Å². The van der Waals surface area contributed by atoms with Crippen LogP contribution in [0.1, 0.15) is 11.1 Å². The predicted molar refractivity (Wildman–Crippen MR) is 127 cm³/mol. The number of oxazole rings is 1. The third kappa shape index (κ3) is 3.93. The molecule has 5 aromatic rings. The number of hydrogen-bond acceptors (Lipinski definition) is 4. The number of nitrogens with zero attached hydrogens (tertiary/aromatic N) is 1. The average Bonchev–Trinajstić information content (AvgIpc) is 3.20. The monoisotopic (exact) mass is 422 g/mol. The van der Waals surface area contributed by atoms with Gasteiger partial charge in [-0.25, -0.2) is 4.98 Å². The molecule has 5 rings (SSSR count). The zero-order valence-corrected chi connectivity index (χ0v) is 17.9. The summed E-state index contributed by atoms with van der Waals surface area (Å²) in [5, 5.41) is 4.92. The van der Waals surface area contributed by atoms with E-state index >= 15 is 0 Å². The van der Waals surface area contributed by atoms with Gasteiger partial charge in [0.2, 0.25) is 5.89 Å². The number of carbonyl (C=O) groups is 1. The maximum atomic E-state index is 12.5. The molecule has 0 unspecified atom stereocenters. The molecular weight excluding hydrogens is 400 g/mol. The Bertz CT molecular complexity index is 1450. The fraction of sp³-hybridized carbons (Fsp3) is 0.111. The van der Waals surface area contributed by atoms with E-state index in [-0.39, 0.29) is 12.5 Å². The Morgan fingerprint density at radius 2 is 1.81 bits per heavy atom. The Hall–Kier alpha value is -4.12. The third-order valence-corrected chi connectivity index (χ3v) is 5.39. The van der Waals surface area contributed by atoms with Crippen LogP contribution >= 0.6 is 0 Å². The van der Waals surface area contributed by atoms with Gasteiger partial charge in [0, 0.05) is 16.6 Å². The molecule has 0 saturated carbocycles. The minimum atomic E-state index is -0.240. The molecular formula is C27H22N2O3. The van der Waals surface area contributed by atoms with E-state index in [1.165, 1.54) is 5.56 Å². The first kappa shape index (κ1) is 19.8. The molecule has 0 aliphatic heterocycles. The molecule has 158 valence electrons. The normalized spacial score (nSPS) is 11.1. The standard InChI is InChI=1S/C27H22N2O3/c1-17-10-12-21(18(2)14-17)27-29-23-15-20(11-13-25(23)32-27)28-26(30)16-31-24-9-5-7-19-6-3-4-8-22(19)24/h3-15H,16H2,1-2H3,(H,28,30). The molecule has 32 heavy (non-hydrogen) atoms. The molecule has 0 radical (unpaired) electrons. The molecule has 0 spiro atoms. The van der Waals surface area contributed by atoms with Gasteiger partial charge >= 0.3 is 0 Å². The molecule has 5 nitrogen and oxygen atoms in total. The van der Waals surface area contributed by atoms with Gasteiger partial charge in [0.05, 0.1) is 0 Å². The van der Waals surface area contributed by atoms with Crippen molar-refractivity contribution >= 4 is 33.5 Å². The lowest BCUT2D eigenvalue weighted by Crippen LogP contribution is -2.20. The summed E-state index contributed by atoms with van der Waals surface area (Å²) >= 11 is 0. The molecule has 1 amide bonds. The number of nitrogens with one attached hydrogen (secondary N) is 1. The lowest BCUT2D eigenvalue weighted by molar-refractivity contribution is -0.118. The molecule has 0 fully saturated rings. The zero-order valence-electron chi connectivity index (χ0n) is 17.9. The van der Waals surface area contributed by atoms with Crippen LogP contribution in [0.5, 0.6) is 5.75 Å². The van der Waals surface area contributed by atoms with Gasteiger partial charge in [-0.2, -0.15) is 0 Å². The summed E-state index contributed by atoms with van der Waals surface area (Å²) in [6.45, 7) is 4.01. The van der Waals surface area contributed by atoms with Gasteiger partial charge in [0.25, 0.3) is 5.91 Å². The predicted octanol–water partition coefficient (Wildman–Crippen LogP) is 6.28. The number of ether oxygens (including phenoxy) is 1. The first-order chi connectivity index (χ1) is 15.6. The van der Waals surface area contributed by atoms with Crippen LogP contribution in [0.3, 0.4) is 0 Å². The quantitative estimate of drug-likeness (QED) is 0.362. The topological polar surface area (TPSA) is 64.4 Å². The van der Waals surface area contributed by atoms with Gasteiger partial charge in [-0.3, -0.25) is 4.79 Å². The van der Waals surface area contributed by atoms with Crippen molar-refractivity contribution in [1.29, 1.82) is 0 Å². The van der Waals surface area contributed by atoms with E-state index in [1.54, 1.807) is 6.07 Å². The molecule has 0 aliphatic carbocycles. The van der Waals surface area contributed by atoms with Gasteiger partial charge < -0.3 is 14.5 Å². The fourth-order valence-electron chi connectivity index (χ4n) is 3.84. The summed E-state index contributed by atoms with van der Waals surface area (Å²) in [6, 6.07) is 25.3. The van der Waals surface area contributed by atoms with Gasteiger partial charge in [-0.05, 0) is 55.1 Å². The van der Waals surface area contributed by atoms with Crippen LogP contribution in [0.15, 0.2) is 83.3 Å². The number of aromatic nitrogens is 1. The van der Waals surface area contributed by atoms with Crippen molar-refractivity contribution in [2.24, 2.45) is 0 Å². The van der Waals surface area contributed by atoms with Crippen LogP contribution in [-0.4, -0.2) is 17.5 Å². The van der Waals surface area contributed by atoms with Crippen molar-refractivity contribution < 1.29 is 13.9 Å². The minimum Gasteiger partial charge on any atom is -0.483 e. The van der Waals surface area contributed by atoms with Crippen molar-refractivity contribution in [3.8, 4) is 17.2 Å². The second-order valence-corrected chi connectivity index (χ2v) is 7.83. The lowest BCUT2D eigenvalue weighted by Gasteiger charge is -2.09. The number of rotatable bonds is 5. The molecule has 0 atom stereocenters. The Kier molecular flexibility index (Phi) is 5.07. The summed E-state index contributed by atoms with van der Waals surface area (Å²) in [7, 11) is 0. The molecule has 0 saturated heterocycles. The van der Waals surface area contributed by atoms with E-state index in [9.17, 15) is 4.79 Å². The van der Waals surface area contributed by atoms with E-state index in [2.05, 4.69) is 23.3 Å². The first-order valence-corrected chi connectivity index (χ1v) is 10.5. The van der Waals surface area contributed by atoms with Crippen molar-refractivity contribution in [3.63, 3.8) is 0 Å². The van der Waals surface area contributed by atoms with E-state index in [0.717, 1.165) is 21.9 Å². The summed E-state index contributed by atoms with van der Waals surface area (Å²) in [5.41, 5.74) is 5.26. The highest BCUT2D eigenvalue weighted by atomic mass is 16.5. The highest BCUT2D eigenvalue weighted by Crippen LogP contribution is 2.29. The summed E-state index contributed by atoms with van der Waals surface area (Å²) in [4.78, 5) is 17.1. The van der Waals surface area contributed by atoms with Crippen LogP contribution in [0, 0.1) is 13.8 Å². The van der Waals surface area contributed by atoms with Crippen LogP contribution in [-0.2, 0) is 4.79 Å². The average molecular weight is 422 g/mol. The molecule has 1 N–H and O–H groups in total. The third-order valence-electron chi connectivity index (χ3n) is 5.39. The number of aryl methyl sites for hydroxylation is 2. The maximum absolute atomic E-state index is 12.5. The second-order valence-electron chi connectivity index (χ2n) is 7.83. The van der Waals surface area contributed by atoms with Crippen LogP contribution in [0.2, 0.25) is 0 Å². The Labute approximate surface area is 185 Å². The van der Waals surface area contributed by atoms with Gasteiger partial charge in [0.15, 0.2) is 12.2 Å². The van der Waals surface area contributed by atoms with E-state index in [4.69, 9.17) is 9.15 Å². The van der Waals surface area contributed by atoms with E-state index < -0.39 is 0 Å². The van der Waals surface area contributed by atoms with Crippen LogP contribution < -0.4 is 10.1 Å². The van der Waals surface area contributed by atoms with Gasteiger partial charge in [-0.15, -0.1) is 0 Å². The number of amides is 1. The summed E-state index contributed by atoms with van der Waals surface area (Å²) in [6.07, 6.45) is 0. The van der Waals surface area contributed by atoms with E-state index in [1.807, 2.05) is 73.7 Å². The fourth-order valence-corrected chi connectivity index (χ4v) is 3.84. The first-order valence-electron chi connectivity index (χ1n) is 10.5. The van der Waals surface area contributed by atoms with Crippen LogP contribution in [0.25, 0.3) is 33.3 Å². The highest BCUT2D eigenvalue weighted by molar-refractivity contribution is 5.94. The molecule has 5 heteroatoms. The van der Waals surface area contributed by atoms with Crippen molar-refractivity contribution in [1.82, 2.24) is 4.98 Å². The SMILES string of the molecule is Cc1ccc(-c2nc3cc(NC(=O)COc4cccc5ccccc45)ccc3o2)c(C)c1. The Morgan fingerprint density at radius 1 is 0.969 bits per heavy atom. The lowest BCUT2D eigenvalue weighted by atomic mass is 10.1. The largest absolute Gasteiger partial charge is 0.483 e. The molecule has 1 heterocycles. The van der Waals surface area contributed by atoms with Gasteiger partial charge in [-0.1, -0.05) is 54.1 Å². The number of fused-ring (bicyclic) bond motifs is 2. The van der Waals surface area contributed by atoms with Crippen molar-refractivity contribution in [2.45, 2.75) is 13.8 Å². The number of hydrogen-bond donors (Lipinski definition) is 1.